The van der Waals surface area contributed by atoms with Gasteiger partial charge >= 0.3 is 0 Å². The lowest BCUT2D eigenvalue weighted by molar-refractivity contribution is 1.05. The molecule has 0 aliphatic rings. The van der Waals surface area contributed by atoms with E-state index in [0.29, 0.717) is 0 Å². The van der Waals surface area contributed by atoms with E-state index in [1.807, 2.05) is 41.5 Å². The van der Waals surface area contributed by atoms with E-state index in [9.17, 15) is 0 Å². The topological polar surface area (TPSA) is 306 Å². The van der Waals surface area contributed by atoms with Crippen molar-refractivity contribution in [3.8, 4) is 0 Å². The lowest BCUT2D eigenvalue weighted by atomic mass is 10.6. The quantitative estimate of drug-likeness (QED) is 0.170. The summed E-state index contributed by atoms with van der Waals surface area (Å²) in [6, 6.07) is 0. The van der Waals surface area contributed by atoms with Gasteiger partial charge in [-0.3, -0.25) is 0 Å². The summed E-state index contributed by atoms with van der Waals surface area (Å²) in [5.41, 5.74) is 53.4. The number of hydrogen-bond acceptors (Lipinski definition) is 10. The van der Waals surface area contributed by atoms with E-state index in [0.717, 1.165) is 39.3 Å². The highest BCUT2D eigenvalue weighted by molar-refractivity contribution is 4.36. The Morgan fingerprint density at radius 2 is 0.548 bits per heavy atom. The molecule has 0 aliphatic carbocycles. The first-order valence-electron chi connectivity index (χ1n) is 10.4. The molecule has 0 amide bonds. The average Bonchev–Trinajstić information content (AvgIpc) is 2.68. The SMILES string of the molecule is CCC.CCN.CCN.CCN.CCN.CCN.CCN.[N-]=[N+]=NCN.[N-]=[N+]=NCN. The van der Waals surface area contributed by atoms with Crippen LogP contribution in [-0.2, 0) is 0 Å². The van der Waals surface area contributed by atoms with Crippen LogP contribution in [0.25, 0.3) is 20.9 Å². The largest absolute Gasteiger partial charge is 0.331 e. The molecule has 196 valence electrons. The lowest BCUT2D eigenvalue weighted by Gasteiger charge is -1.60. The van der Waals surface area contributed by atoms with Gasteiger partial charge in [0.2, 0.25) is 0 Å². The summed E-state index contributed by atoms with van der Waals surface area (Å²) in [5.74, 6) is 0. The summed E-state index contributed by atoms with van der Waals surface area (Å²) in [6.07, 6.45) is 1.25. The minimum absolute atomic E-state index is 0.0521. The molecular weight excluding hydrogens is 400 g/mol. The van der Waals surface area contributed by atoms with Crippen molar-refractivity contribution < 1.29 is 0 Å². The van der Waals surface area contributed by atoms with Crippen LogP contribution < -0.4 is 45.9 Å². The molecule has 0 fully saturated rings. The van der Waals surface area contributed by atoms with Gasteiger partial charge in [0.25, 0.3) is 0 Å². The minimum atomic E-state index is 0.0521. The highest BCUT2D eigenvalue weighted by atomic mass is 15.2. The van der Waals surface area contributed by atoms with Crippen molar-refractivity contribution in [1.29, 1.82) is 0 Å². The maximum atomic E-state index is 7.44. The summed E-state index contributed by atoms with van der Waals surface area (Å²) in [5, 5.41) is 5.86. The second-order valence-electron chi connectivity index (χ2n) is 3.98. The summed E-state index contributed by atoms with van der Waals surface area (Å²) in [6.45, 7) is 20.3. The van der Waals surface area contributed by atoms with Crippen molar-refractivity contribution in [2.45, 2.75) is 61.8 Å². The molecule has 0 rings (SSSR count). The van der Waals surface area contributed by atoms with Gasteiger partial charge in [-0.1, -0.05) is 72.0 Å². The molecule has 31 heavy (non-hydrogen) atoms. The third-order valence-corrected chi connectivity index (χ3v) is 0.290. The molecular formula is C17H58N14. The molecule has 14 heteroatoms. The van der Waals surface area contributed by atoms with Gasteiger partial charge in [0.15, 0.2) is 0 Å². The Morgan fingerprint density at radius 1 is 0.452 bits per heavy atom. The number of nitrogens with two attached hydrogens (primary N) is 8. The van der Waals surface area contributed by atoms with E-state index in [-0.39, 0.29) is 13.3 Å². The van der Waals surface area contributed by atoms with Gasteiger partial charge in [-0.15, -0.1) is 0 Å². The van der Waals surface area contributed by atoms with Crippen molar-refractivity contribution in [3.63, 3.8) is 0 Å². The third-order valence-electron chi connectivity index (χ3n) is 0.290. The number of azide groups is 2. The Balaban J connectivity index is -0.0000000254. The van der Waals surface area contributed by atoms with Crippen LogP contribution in [0.15, 0.2) is 10.2 Å². The predicted octanol–water partition coefficient (Wildman–Crippen LogP) is 1.63. The van der Waals surface area contributed by atoms with Crippen LogP contribution in [0, 0.1) is 0 Å². The molecule has 0 aromatic carbocycles. The first-order valence-corrected chi connectivity index (χ1v) is 10.4. The van der Waals surface area contributed by atoms with Crippen LogP contribution >= 0.6 is 0 Å². The number of rotatable bonds is 2. The second-order valence-corrected chi connectivity index (χ2v) is 3.98. The molecule has 0 radical (unpaired) electrons. The molecule has 14 nitrogen and oxygen atoms in total. The van der Waals surface area contributed by atoms with E-state index in [4.69, 9.17) is 56.9 Å². The highest BCUT2D eigenvalue weighted by Crippen LogP contribution is 1.56. The Hall–Kier alpha value is -1.70. The highest BCUT2D eigenvalue weighted by Gasteiger charge is 1.50. The fourth-order valence-corrected chi connectivity index (χ4v) is 0.0730. The fourth-order valence-electron chi connectivity index (χ4n) is 0.0730. The molecule has 0 unspecified atom stereocenters. The molecule has 0 saturated heterocycles. The zero-order valence-corrected chi connectivity index (χ0v) is 21.7. The van der Waals surface area contributed by atoms with Crippen LogP contribution in [0.1, 0.15) is 61.8 Å². The first-order chi connectivity index (χ1) is 14.7. The molecule has 0 spiro atoms. The minimum Gasteiger partial charge on any atom is -0.331 e. The van der Waals surface area contributed by atoms with Crippen LogP contribution in [0.4, 0.5) is 0 Å². The Bertz CT molecular complexity index is 205. The van der Waals surface area contributed by atoms with E-state index < -0.39 is 0 Å². The second kappa shape index (κ2) is 165. The number of hydrogen-bond donors (Lipinski definition) is 8. The van der Waals surface area contributed by atoms with Crippen molar-refractivity contribution >= 4 is 0 Å². The average molecular weight is 459 g/mol. The lowest BCUT2D eigenvalue weighted by Crippen LogP contribution is -1.89. The van der Waals surface area contributed by atoms with Gasteiger partial charge in [0, 0.05) is 9.82 Å². The smallest absolute Gasteiger partial charge is 0.0720 e. The van der Waals surface area contributed by atoms with Crippen molar-refractivity contribution in [2.24, 2.45) is 56.1 Å². The van der Waals surface area contributed by atoms with Crippen LogP contribution in [0.3, 0.4) is 0 Å². The molecule has 0 aromatic rings. The molecule has 0 saturated carbocycles. The molecule has 16 N–H and O–H groups in total. The van der Waals surface area contributed by atoms with E-state index in [2.05, 4.69) is 33.9 Å². The van der Waals surface area contributed by atoms with E-state index in [1.165, 1.54) is 6.42 Å². The maximum absolute atomic E-state index is 7.44. The van der Waals surface area contributed by atoms with Crippen LogP contribution in [-0.4, -0.2) is 52.6 Å². The van der Waals surface area contributed by atoms with Gasteiger partial charge < -0.3 is 45.9 Å². The summed E-state index contributed by atoms with van der Waals surface area (Å²) < 4.78 is 0. The third kappa shape index (κ3) is 3700. The molecule has 0 atom stereocenters. The Kier molecular flexibility index (Phi) is 303. The number of nitrogens with zero attached hydrogens (tertiary/aromatic N) is 6. The predicted molar refractivity (Wildman–Crippen MR) is 141 cm³/mol. The maximum Gasteiger partial charge on any atom is 0.0720 e. The molecule has 0 bridgehead atoms. The monoisotopic (exact) mass is 458 g/mol. The Morgan fingerprint density at radius 3 is 0.548 bits per heavy atom. The van der Waals surface area contributed by atoms with Crippen molar-refractivity contribution in [3.05, 3.63) is 20.9 Å². The standard InChI is InChI=1S/C3H8.6C2H7N.2CH4N4/c1-3-2;6*1-2-3;2*2-1-4-5-3/h3H2,1-2H3;6*2-3H2,1H3;2*1-2H2. The van der Waals surface area contributed by atoms with Crippen LogP contribution in [0.2, 0.25) is 0 Å². The summed E-state index contributed by atoms with van der Waals surface area (Å²) in [7, 11) is 0. The van der Waals surface area contributed by atoms with Crippen LogP contribution in [0.5, 0.6) is 0 Å². The molecule has 0 heterocycles. The van der Waals surface area contributed by atoms with E-state index >= 15 is 0 Å². The van der Waals surface area contributed by atoms with Gasteiger partial charge in [-0.05, 0) is 50.3 Å². The van der Waals surface area contributed by atoms with Gasteiger partial charge in [0.05, 0.1) is 13.3 Å². The van der Waals surface area contributed by atoms with E-state index in [1.54, 1.807) is 0 Å². The summed E-state index contributed by atoms with van der Waals surface area (Å²) in [4.78, 5) is 4.71. The Labute approximate surface area is 192 Å². The van der Waals surface area contributed by atoms with Crippen molar-refractivity contribution in [1.82, 2.24) is 0 Å². The van der Waals surface area contributed by atoms with Gasteiger partial charge in [-0.25, -0.2) is 0 Å². The zero-order valence-electron chi connectivity index (χ0n) is 21.7. The summed E-state index contributed by atoms with van der Waals surface area (Å²) >= 11 is 0. The van der Waals surface area contributed by atoms with Gasteiger partial charge in [-0.2, -0.15) is 0 Å². The molecule has 0 aliphatic heterocycles. The van der Waals surface area contributed by atoms with Gasteiger partial charge in [0.1, 0.15) is 0 Å². The normalized spacial score (nSPS) is 5.94. The van der Waals surface area contributed by atoms with Crippen molar-refractivity contribution in [2.75, 3.05) is 52.6 Å². The fraction of sp³-hybridized carbons (Fsp3) is 1.00. The first kappa shape index (κ1) is 56.9. The molecule has 0 aromatic heterocycles. The zero-order chi connectivity index (χ0) is 27.2.